The standard InChI is InChI=1S/C18H21N3O2/c1-13-10-21-17(18(22)20(13)11-14-7-8-14)9-15(19-21)12-23-16-5-3-2-4-6-16/h2-6,9,13-14H,7-8,10-12H2,1H3/t13-/m0/s1. The third-order valence-corrected chi connectivity index (χ3v) is 4.56. The van der Waals surface area contributed by atoms with Crippen LogP contribution in [0.4, 0.5) is 0 Å². The molecule has 0 spiro atoms. The van der Waals surface area contributed by atoms with E-state index in [1.807, 2.05) is 46.0 Å². The van der Waals surface area contributed by atoms with E-state index in [1.165, 1.54) is 12.8 Å². The van der Waals surface area contributed by atoms with Gasteiger partial charge in [0.2, 0.25) is 0 Å². The van der Waals surface area contributed by atoms with E-state index in [-0.39, 0.29) is 11.9 Å². The smallest absolute Gasteiger partial charge is 0.272 e. The second-order valence-corrected chi connectivity index (χ2v) is 6.55. The van der Waals surface area contributed by atoms with Crippen molar-refractivity contribution in [2.45, 2.75) is 39.0 Å². The zero-order chi connectivity index (χ0) is 15.8. The molecule has 1 saturated carbocycles. The first-order valence-corrected chi connectivity index (χ1v) is 8.26. The van der Waals surface area contributed by atoms with Gasteiger partial charge in [-0.3, -0.25) is 9.48 Å². The van der Waals surface area contributed by atoms with Crippen LogP contribution in [-0.2, 0) is 13.2 Å². The van der Waals surface area contributed by atoms with Crippen LogP contribution in [0.3, 0.4) is 0 Å². The van der Waals surface area contributed by atoms with Crippen LogP contribution in [0.5, 0.6) is 5.75 Å². The minimum absolute atomic E-state index is 0.106. The number of amides is 1. The number of rotatable bonds is 5. The molecule has 0 radical (unpaired) electrons. The van der Waals surface area contributed by atoms with E-state index < -0.39 is 0 Å². The minimum Gasteiger partial charge on any atom is -0.487 e. The summed E-state index contributed by atoms with van der Waals surface area (Å²) in [6.07, 6.45) is 2.51. The molecule has 120 valence electrons. The fraction of sp³-hybridized carbons (Fsp3) is 0.444. The lowest BCUT2D eigenvalue weighted by Crippen LogP contribution is -2.47. The molecule has 1 aliphatic heterocycles. The maximum Gasteiger partial charge on any atom is 0.272 e. The summed E-state index contributed by atoms with van der Waals surface area (Å²) in [5, 5.41) is 4.54. The van der Waals surface area contributed by atoms with Gasteiger partial charge < -0.3 is 9.64 Å². The topological polar surface area (TPSA) is 47.4 Å². The van der Waals surface area contributed by atoms with E-state index in [1.54, 1.807) is 0 Å². The first-order chi connectivity index (χ1) is 11.2. The van der Waals surface area contributed by atoms with E-state index in [0.29, 0.717) is 18.2 Å². The molecule has 1 aliphatic carbocycles. The fourth-order valence-electron chi connectivity index (χ4n) is 3.06. The van der Waals surface area contributed by atoms with Gasteiger partial charge in [-0.15, -0.1) is 0 Å². The molecule has 0 saturated heterocycles. The van der Waals surface area contributed by atoms with Crippen molar-refractivity contribution in [2.24, 2.45) is 5.92 Å². The number of carbonyl (C=O) groups excluding carboxylic acids is 1. The molecule has 4 rings (SSSR count). The Bertz CT molecular complexity index is 706. The minimum atomic E-state index is 0.106. The summed E-state index contributed by atoms with van der Waals surface area (Å²) in [4.78, 5) is 14.7. The number of ether oxygens (including phenoxy) is 1. The average Bonchev–Trinajstić information content (AvgIpc) is 3.29. The van der Waals surface area contributed by atoms with Gasteiger partial charge in [-0.05, 0) is 43.9 Å². The predicted octanol–water partition coefficient (Wildman–Crippen LogP) is 2.72. The Labute approximate surface area is 135 Å². The van der Waals surface area contributed by atoms with Crippen LogP contribution in [-0.4, -0.2) is 33.2 Å². The SMILES string of the molecule is C[C@H]1Cn2nc(COc3ccccc3)cc2C(=O)N1CC1CC1. The van der Waals surface area contributed by atoms with Crippen LogP contribution >= 0.6 is 0 Å². The Morgan fingerprint density at radius 3 is 2.78 bits per heavy atom. The lowest BCUT2D eigenvalue weighted by molar-refractivity contribution is 0.0592. The number of para-hydroxylation sites is 1. The van der Waals surface area contributed by atoms with Gasteiger partial charge in [0.1, 0.15) is 23.7 Å². The van der Waals surface area contributed by atoms with E-state index in [2.05, 4.69) is 12.0 Å². The number of benzene rings is 1. The summed E-state index contributed by atoms with van der Waals surface area (Å²) in [5.41, 5.74) is 1.49. The number of hydrogen-bond donors (Lipinski definition) is 0. The maximum atomic E-state index is 12.7. The van der Waals surface area contributed by atoms with E-state index in [0.717, 1.165) is 24.5 Å². The molecule has 2 heterocycles. The molecule has 1 fully saturated rings. The summed E-state index contributed by atoms with van der Waals surface area (Å²) in [5.74, 6) is 1.62. The molecule has 1 aromatic carbocycles. The normalized spacial score (nSPS) is 20.5. The summed E-state index contributed by atoms with van der Waals surface area (Å²) < 4.78 is 7.57. The second-order valence-electron chi connectivity index (χ2n) is 6.55. The van der Waals surface area contributed by atoms with Crippen molar-refractivity contribution in [3.63, 3.8) is 0 Å². The number of aromatic nitrogens is 2. The third-order valence-electron chi connectivity index (χ3n) is 4.56. The van der Waals surface area contributed by atoms with Gasteiger partial charge in [-0.2, -0.15) is 5.10 Å². The largest absolute Gasteiger partial charge is 0.487 e. The monoisotopic (exact) mass is 311 g/mol. The van der Waals surface area contributed by atoms with Gasteiger partial charge in [0.25, 0.3) is 5.91 Å². The summed E-state index contributed by atoms with van der Waals surface area (Å²) in [6.45, 7) is 4.14. The molecule has 5 nitrogen and oxygen atoms in total. The number of hydrogen-bond acceptors (Lipinski definition) is 3. The Balaban J connectivity index is 1.48. The van der Waals surface area contributed by atoms with Crippen molar-refractivity contribution < 1.29 is 9.53 Å². The Kier molecular flexibility index (Phi) is 3.56. The molecular weight excluding hydrogens is 290 g/mol. The highest BCUT2D eigenvalue weighted by Gasteiger charge is 2.35. The predicted molar refractivity (Wildman–Crippen MR) is 86.2 cm³/mol. The Morgan fingerprint density at radius 2 is 2.04 bits per heavy atom. The zero-order valence-corrected chi connectivity index (χ0v) is 13.3. The lowest BCUT2D eigenvalue weighted by atomic mass is 10.1. The van der Waals surface area contributed by atoms with Gasteiger partial charge >= 0.3 is 0 Å². The highest BCUT2D eigenvalue weighted by atomic mass is 16.5. The molecule has 1 aromatic heterocycles. The molecule has 0 unspecified atom stereocenters. The molecule has 0 bridgehead atoms. The summed E-state index contributed by atoms with van der Waals surface area (Å²) in [6, 6.07) is 11.7. The van der Waals surface area contributed by atoms with Crippen LogP contribution in [0.2, 0.25) is 0 Å². The molecular formula is C18H21N3O2. The number of nitrogens with zero attached hydrogens (tertiary/aromatic N) is 3. The maximum absolute atomic E-state index is 12.7. The Hall–Kier alpha value is -2.30. The first kappa shape index (κ1) is 14.3. The van der Waals surface area contributed by atoms with E-state index >= 15 is 0 Å². The average molecular weight is 311 g/mol. The highest BCUT2D eigenvalue weighted by Crippen LogP contribution is 2.32. The van der Waals surface area contributed by atoms with Gasteiger partial charge in [0.05, 0.1) is 6.54 Å². The summed E-state index contributed by atoms with van der Waals surface area (Å²) in [7, 11) is 0. The molecule has 23 heavy (non-hydrogen) atoms. The third kappa shape index (κ3) is 2.96. The Morgan fingerprint density at radius 1 is 1.26 bits per heavy atom. The van der Waals surface area contributed by atoms with Gasteiger partial charge in [0, 0.05) is 12.6 Å². The van der Waals surface area contributed by atoms with Crippen molar-refractivity contribution in [1.29, 1.82) is 0 Å². The fourth-order valence-corrected chi connectivity index (χ4v) is 3.06. The van der Waals surface area contributed by atoms with Crippen molar-refractivity contribution in [2.75, 3.05) is 6.54 Å². The first-order valence-electron chi connectivity index (χ1n) is 8.26. The van der Waals surface area contributed by atoms with Gasteiger partial charge in [-0.25, -0.2) is 0 Å². The van der Waals surface area contributed by atoms with Crippen molar-refractivity contribution in [1.82, 2.24) is 14.7 Å². The van der Waals surface area contributed by atoms with Crippen LogP contribution in [0.25, 0.3) is 0 Å². The van der Waals surface area contributed by atoms with E-state index in [9.17, 15) is 4.79 Å². The molecule has 1 atom stereocenters. The van der Waals surface area contributed by atoms with Crippen molar-refractivity contribution in [3.05, 3.63) is 47.8 Å². The second kappa shape index (κ2) is 5.72. The van der Waals surface area contributed by atoms with Crippen molar-refractivity contribution >= 4 is 5.91 Å². The van der Waals surface area contributed by atoms with Crippen molar-refractivity contribution in [3.8, 4) is 5.75 Å². The van der Waals surface area contributed by atoms with E-state index in [4.69, 9.17) is 4.74 Å². The van der Waals surface area contributed by atoms with Gasteiger partial charge in [-0.1, -0.05) is 18.2 Å². The van der Waals surface area contributed by atoms with Gasteiger partial charge in [0.15, 0.2) is 0 Å². The number of carbonyl (C=O) groups is 1. The highest BCUT2D eigenvalue weighted by molar-refractivity contribution is 5.93. The quantitative estimate of drug-likeness (QED) is 0.853. The van der Waals surface area contributed by atoms with Crippen LogP contribution in [0.1, 0.15) is 35.9 Å². The molecule has 0 N–H and O–H groups in total. The number of fused-ring (bicyclic) bond motifs is 1. The molecule has 2 aliphatic rings. The molecule has 2 aromatic rings. The zero-order valence-electron chi connectivity index (χ0n) is 13.3. The molecule has 1 amide bonds. The summed E-state index contributed by atoms with van der Waals surface area (Å²) >= 11 is 0. The molecule has 5 heteroatoms. The van der Waals surface area contributed by atoms with Crippen LogP contribution in [0.15, 0.2) is 36.4 Å². The van der Waals surface area contributed by atoms with Crippen LogP contribution in [0, 0.1) is 5.92 Å². The lowest BCUT2D eigenvalue weighted by Gasteiger charge is -2.33. The van der Waals surface area contributed by atoms with Crippen LogP contribution < -0.4 is 4.74 Å².